The third-order valence-corrected chi connectivity index (χ3v) is 4.77. The van der Waals surface area contributed by atoms with Crippen molar-refractivity contribution in [1.82, 2.24) is 14.3 Å². The zero-order chi connectivity index (χ0) is 14.9. The van der Waals surface area contributed by atoms with Crippen LogP contribution in [0.25, 0.3) is 0 Å². The highest BCUT2D eigenvalue weighted by Crippen LogP contribution is 2.25. The van der Waals surface area contributed by atoms with E-state index in [-0.39, 0.29) is 6.04 Å². The molecule has 0 aliphatic carbocycles. The largest absolute Gasteiger partial charge is 0.360 e. The first-order chi connectivity index (χ1) is 9.30. The van der Waals surface area contributed by atoms with Crippen LogP contribution < -0.4 is 9.80 Å². The summed E-state index contributed by atoms with van der Waals surface area (Å²) in [7, 11) is 0.694. The maximum Gasteiger partial charge on any atom is 0.211 e. The molecule has 2 heterocycles. The van der Waals surface area contributed by atoms with Crippen LogP contribution >= 0.6 is 0 Å². The summed E-state index contributed by atoms with van der Waals surface area (Å²) in [6.07, 6.45) is 4.58. The lowest BCUT2D eigenvalue weighted by Gasteiger charge is -2.39. The molecule has 7 nitrogen and oxygen atoms in total. The highest BCUT2D eigenvalue weighted by atomic mass is 32.2. The van der Waals surface area contributed by atoms with Gasteiger partial charge in [0.2, 0.25) is 10.0 Å². The van der Waals surface area contributed by atoms with Crippen LogP contribution in [0.2, 0.25) is 0 Å². The van der Waals surface area contributed by atoms with E-state index in [1.54, 1.807) is 12.4 Å². The molecule has 1 aliphatic heterocycles. The second-order valence-corrected chi connectivity index (χ2v) is 7.20. The number of rotatable bonds is 3. The van der Waals surface area contributed by atoms with Gasteiger partial charge in [0.25, 0.3) is 0 Å². The quantitative estimate of drug-likeness (QED) is 0.783. The Kier molecular flexibility index (Phi) is 4.14. The Balaban J connectivity index is 2.22. The van der Waals surface area contributed by atoms with Gasteiger partial charge in [-0.25, -0.2) is 18.4 Å². The van der Waals surface area contributed by atoms with E-state index in [1.165, 1.54) is 10.6 Å². The Hall–Kier alpha value is -1.41. The maximum absolute atomic E-state index is 11.7. The van der Waals surface area contributed by atoms with Crippen LogP contribution in [-0.4, -0.2) is 68.7 Å². The number of nitrogens with zero attached hydrogens (tertiary/aromatic N) is 5. The third-order valence-electron chi connectivity index (χ3n) is 3.38. The van der Waals surface area contributed by atoms with Gasteiger partial charge in [-0.3, -0.25) is 0 Å². The molecule has 1 aromatic heterocycles. The van der Waals surface area contributed by atoms with Gasteiger partial charge in [0.05, 0.1) is 6.26 Å². The van der Waals surface area contributed by atoms with E-state index in [4.69, 9.17) is 0 Å². The van der Waals surface area contributed by atoms with Gasteiger partial charge in [0.1, 0.15) is 0 Å². The summed E-state index contributed by atoms with van der Waals surface area (Å²) in [5, 5.41) is 0. The van der Waals surface area contributed by atoms with Gasteiger partial charge in [-0.1, -0.05) is 0 Å². The molecule has 0 radical (unpaired) electrons. The maximum atomic E-state index is 11.7. The molecule has 1 saturated heterocycles. The number of piperazine rings is 1. The van der Waals surface area contributed by atoms with Gasteiger partial charge in [0, 0.05) is 52.2 Å². The number of sulfonamides is 1. The summed E-state index contributed by atoms with van der Waals surface area (Å²) in [5.41, 5.74) is 0. The lowest BCUT2D eigenvalue weighted by Crippen LogP contribution is -2.54. The predicted octanol–water partition coefficient (Wildman–Crippen LogP) is 0.0127. The molecule has 1 aliphatic rings. The van der Waals surface area contributed by atoms with Crippen molar-refractivity contribution in [3.8, 4) is 0 Å². The van der Waals surface area contributed by atoms with Crippen LogP contribution in [0, 0.1) is 0 Å². The Bertz CT molecular complexity index is 575. The molecule has 1 fully saturated rings. The fraction of sp³-hybridized carbons (Fsp3) is 0.667. The topological polar surface area (TPSA) is 69.6 Å². The highest BCUT2D eigenvalue weighted by Gasteiger charge is 2.31. The van der Waals surface area contributed by atoms with Gasteiger partial charge in [-0.15, -0.1) is 0 Å². The van der Waals surface area contributed by atoms with E-state index in [1.807, 2.05) is 25.9 Å². The smallest absolute Gasteiger partial charge is 0.211 e. The van der Waals surface area contributed by atoms with E-state index in [0.29, 0.717) is 19.6 Å². The number of hydrogen-bond donors (Lipinski definition) is 0. The van der Waals surface area contributed by atoms with Gasteiger partial charge in [-0.2, -0.15) is 4.31 Å². The predicted molar refractivity (Wildman–Crippen MR) is 79.6 cm³/mol. The number of hydrogen-bond acceptors (Lipinski definition) is 6. The molecule has 0 amide bonds. The fourth-order valence-electron chi connectivity index (χ4n) is 2.49. The second-order valence-electron chi connectivity index (χ2n) is 5.27. The molecule has 1 aromatic rings. The van der Waals surface area contributed by atoms with Gasteiger partial charge in [-0.05, 0) is 6.92 Å². The zero-order valence-electron chi connectivity index (χ0n) is 12.3. The molecule has 1 atom stereocenters. The molecule has 0 unspecified atom stereocenters. The first-order valence-electron chi connectivity index (χ1n) is 6.51. The Morgan fingerprint density at radius 3 is 2.45 bits per heavy atom. The molecule has 20 heavy (non-hydrogen) atoms. The summed E-state index contributed by atoms with van der Waals surface area (Å²) < 4.78 is 24.9. The molecule has 0 bridgehead atoms. The van der Waals surface area contributed by atoms with Crippen molar-refractivity contribution in [2.45, 2.75) is 13.0 Å². The molecule has 8 heteroatoms. The molecular formula is C12H21N5O2S. The van der Waals surface area contributed by atoms with Crippen molar-refractivity contribution < 1.29 is 8.42 Å². The van der Waals surface area contributed by atoms with E-state index >= 15 is 0 Å². The van der Waals surface area contributed by atoms with E-state index in [0.717, 1.165) is 11.6 Å². The molecule has 2 rings (SSSR count). The van der Waals surface area contributed by atoms with Crippen molar-refractivity contribution >= 4 is 21.7 Å². The first-order valence-corrected chi connectivity index (χ1v) is 8.35. The van der Waals surface area contributed by atoms with E-state index in [9.17, 15) is 8.42 Å². The van der Waals surface area contributed by atoms with Crippen LogP contribution in [0.4, 0.5) is 11.6 Å². The lowest BCUT2D eigenvalue weighted by molar-refractivity contribution is 0.308. The average Bonchev–Trinajstić information content (AvgIpc) is 2.37. The molecule has 0 saturated carbocycles. The number of anilines is 2. The van der Waals surface area contributed by atoms with Crippen LogP contribution in [0.3, 0.4) is 0 Å². The second kappa shape index (κ2) is 5.53. The molecule has 0 spiro atoms. The van der Waals surface area contributed by atoms with Crippen LogP contribution in [0.1, 0.15) is 6.92 Å². The number of aromatic nitrogens is 2. The minimum atomic E-state index is -3.15. The van der Waals surface area contributed by atoms with Crippen LogP contribution in [-0.2, 0) is 10.0 Å². The Morgan fingerprint density at radius 2 is 1.90 bits per heavy atom. The summed E-state index contributed by atoms with van der Waals surface area (Å²) in [4.78, 5) is 12.7. The summed E-state index contributed by atoms with van der Waals surface area (Å²) in [5.74, 6) is 1.60. The van der Waals surface area contributed by atoms with E-state index < -0.39 is 10.0 Å². The van der Waals surface area contributed by atoms with Crippen LogP contribution in [0.15, 0.2) is 12.4 Å². The van der Waals surface area contributed by atoms with Crippen molar-refractivity contribution in [2.24, 2.45) is 0 Å². The fourth-order valence-corrected chi connectivity index (χ4v) is 3.62. The van der Waals surface area contributed by atoms with Crippen LogP contribution in [0.5, 0.6) is 0 Å². The zero-order valence-corrected chi connectivity index (χ0v) is 13.1. The standard InChI is InChI=1S/C12H21N5O2S/c1-10-9-16(7-8-17(10)20(4,18)19)12-11(15(2)3)13-5-6-14-12/h5-6,10H,7-9H2,1-4H3/t10-/m0/s1. The Labute approximate surface area is 120 Å². The van der Waals surface area contributed by atoms with E-state index in [2.05, 4.69) is 14.9 Å². The molecular weight excluding hydrogens is 278 g/mol. The van der Waals surface area contributed by atoms with Gasteiger partial charge < -0.3 is 9.80 Å². The SMILES string of the molecule is C[C@H]1CN(c2nccnc2N(C)C)CCN1S(C)(=O)=O. The molecule has 0 N–H and O–H groups in total. The third kappa shape index (κ3) is 3.01. The summed E-state index contributed by atoms with van der Waals surface area (Å²) in [6.45, 7) is 3.63. The van der Waals surface area contributed by atoms with Crippen molar-refractivity contribution in [1.29, 1.82) is 0 Å². The lowest BCUT2D eigenvalue weighted by atomic mass is 10.2. The van der Waals surface area contributed by atoms with Gasteiger partial charge >= 0.3 is 0 Å². The van der Waals surface area contributed by atoms with Gasteiger partial charge in [0.15, 0.2) is 11.6 Å². The molecule has 0 aromatic carbocycles. The first kappa shape index (κ1) is 15.0. The summed E-state index contributed by atoms with van der Waals surface area (Å²) in [6, 6.07) is -0.0734. The van der Waals surface area contributed by atoms with Crippen molar-refractivity contribution in [2.75, 3.05) is 49.8 Å². The monoisotopic (exact) mass is 299 g/mol. The van der Waals surface area contributed by atoms with Crippen molar-refractivity contribution in [3.05, 3.63) is 12.4 Å². The minimum Gasteiger partial charge on any atom is -0.360 e. The minimum absolute atomic E-state index is 0.0734. The highest BCUT2D eigenvalue weighted by molar-refractivity contribution is 7.88. The summed E-state index contributed by atoms with van der Waals surface area (Å²) >= 11 is 0. The average molecular weight is 299 g/mol. The normalized spacial score (nSPS) is 21.0. The Morgan fingerprint density at radius 1 is 1.25 bits per heavy atom. The molecule has 112 valence electrons. The van der Waals surface area contributed by atoms with Crippen molar-refractivity contribution in [3.63, 3.8) is 0 Å².